The molecule has 0 bridgehead atoms. The van der Waals surface area contributed by atoms with Crippen LogP contribution in [0, 0.1) is 0 Å². The lowest BCUT2D eigenvalue weighted by molar-refractivity contribution is 0.288. The van der Waals surface area contributed by atoms with Gasteiger partial charge in [-0.25, -0.2) is 8.42 Å². The van der Waals surface area contributed by atoms with Crippen LogP contribution in [0.15, 0.2) is 46.2 Å². The zero-order valence-corrected chi connectivity index (χ0v) is 20.7. The van der Waals surface area contributed by atoms with E-state index in [1.807, 2.05) is 0 Å². The maximum atomic E-state index is 13.2. The molecule has 2 aromatic carbocycles. The molecule has 0 spiro atoms. The molecule has 2 aromatic rings. The van der Waals surface area contributed by atoms with Crippen LogP contribution >= 0.6 is 0 Å². The molecule has 0 amide bonds. The molecule has 0 atom stereocenters. The number of sulfone groups is 1. The molecule has 0 aliphatic rings. The summed E-state index contributed by atoms with van der Waals surface area (Å²) in [5.74, 6) is 0.100. The van der Waals surface area contributed by atoms with Gasteiger partial charge in [-0.05, 0) is 37.1 Å². The molecule has 0 saturated carbocycles. The second-order valence-electron chi connectivity index (χ2n) is 8.29. The van der Waals surface area contributed by atoms with Crippen LogP contribution in [0.1, 0.15) is 78.1 Å². The molecule has 184 valence electrons. The zero-order valence-electron chi connectivity index (χ0n) is 19.9. The van der Waals surface area contributed by atoms with Gasteiger partial charge in [0.2, 0.25) is 9.84 Å². The number of hydrogen-bond donors (Lipinski definition) is 2. The average Bonchev–Trinajstić information content (AvgIpc) is 2.80. The topological polar surface area (TPSA) is 93.1 Å². The van der Waals surface area contributed by atoms with Gasteiger partial charge in [-0.3, -0.25) is 0 Å². The summed E-state index contributed by atoms with van der Waals surface area (Å²) in [4.78, 5) is 0.0231. The van der Waals surface area contributed by atoms with Crippen LogP contribution in [0.25, 0.3) is 0 Å². The largest absolute Gasteiger partial charge is 0.504 e. The van der Waals surface area contributed by atoms with E-state index in [1.54, 1.807) is 0 Å². The normalized spacial score (nSPS) is 11.5. The molecule has 7 heteroatoms. The summed E-state index contributed by atoms with van der Waals surface area (Å²) in [7, 11) is -3.88. The first-order valence-electron chi connectivity index (χ1n) is 12.1. The molecule has 0 aliphatic heterocycles. The van der Waals surface area contributed by atoms with Gasteiger partial charge in [0.05, 0.1) is 23.0 Å². The minimum atomic E-state index is -3.88. The summed E-state index contributed by atoms with van der Waals surface area (Å²) in [6.45, 7) is 5.13. The Hall–Kier alpha value is -2.41. The highest BCUT2D eigenvalue weighted by molar-refractivity contribution is 7.91. The monoisotopic (exact) mass is 478 g/mol. The number of aromatic hydroxyl groups is 2. The van der Waals surface area contributed by atoms with Gasteiger partial charge in [0, 0.05) is 12.1 Å². The highest BCUT2D eigenvalue weighted by atomic mass is 32.2. The fourth-order valence-electron chi connectivity index (χ4n) is 3.47. The Morgan fingerprint density at radius 3 is 1.42 bits per heavy atom. The van der Waals surface area contributed by atoms with Gasteiger partial charge < -0.3 is 19.7 Å². The number of rotatable bonds is 16. The van der Waals surface area contributed by atoms with Crippen LogP contribution < -0.4 is 9.47 Å². The Morgan fingerprint density at radius 1 is 0.636 bits per heavy atom. The Bertz CT molecular complexity index is 884. The van der Waals surface area contributed by atoms with Crippen molar-refractivity contribution in [3.05, 3.63) is 36.4 Å². The van der Waals surface area contributed by atoms with Crippen LogP contribution in [-0.2, 0) is 9.84 Å². The maximum absolute atomic E-state index is 13.2. The number of phenols is 2. The molecule has 0 unspecified atom stereocenters. The molecule has 2 N–H and O–H groups in total. The second kappa shape index (κ2) is 14.0. The average molecular weight is 479 g/mol. The first kappa shape index (κ1) is 26.8. The minimum absolute atomic E-state index is 0.0116. The van der Waals surface area contributed by atoms with Crippen molar-refractivity contribution in [2.75, 3.05) is 13.2 Å². The predicted molar refractivity (Wildman–Crippen MR) is 130 cm³/mol. The van der Waals surface area contributed by atoms with Crippen LogP contribution in [0.4, 0.5) is 0 Å². The summed E-state index contributed by atoms with van der Waals surface area (Å²) in [5.41, 5.74) is 0. The van der Waals surface area contributed by atoms with E-state index < -0.39 is 9.84 Å². The van der Waals surface area contributed by atoms with E-state index >= 15 is 0 Å². The van der Waals surface area contributed by atoms with Gasteiger partial charge in [-0.1, -0.05) is 65.2 Å². The molecule has 6 nitrogen and oxygen atoms in total. The lowest BCUT2D eigenvalue weighted by Gasteiger charge is -2.12. The Kier molecular flexibility index (Phi) is 11.4. The third-order valence-corrected chi connectivity index (χ3v) is 7.24. The minimum Gasteiger partial charge on any atom is -0.504 e. The van der Waals surface area contributed by atoms with Gasteiger partial charge in [0.15, 0.2) is 23.0 Å². The number of hydrogen-bond acceptors (Lipinski definition) is 6. The summed E-state index contributed by atoms with van der Waals surface area (Å²) < 4.78 is 37.7. The molecule has 0 saturated heterocycles. The standard InChI is InChI=1S/C26H38O6S/c1-3-5-7-9-11-17-31-25-19-21(13-15-23(25)27)33(29,30)22-14-16-24(28)26(20-22)32-18-12-10-8-6-4-2/h13-16,19-20,27-28H,3-12,17-18H2,1-2H3. The first-order valence-corrected chi connectivity index (χ1v) is 13.5. The van der Waals surface area contributed by atoms with Crippen LogP contribution in [0.2, 0.25) is 0 Å². The zero-order chi connectivity index (χ0) is 24.1. The third kappa shape index (κ3) is 8.46. The summed E-state index contributed by atoms with van der Waals surface area (Å²) in [6, 6.07) is 8.04. The molecular formula is C26H38O6S. The van der Waals surface area contributed by atoms with Gasteiger partial charge in [0.25, 0.3) is 0 Å². The number of benzene rings is 2. The third-order valence-electron chi connectivity index (χ3n) is 5.49. The summed E-state index contributed by atoms with van der Waals surface area (Å²) in [5, 5.41) is 20.2. The van der Waals surface area contributed by atoms with Gasteiger partial charge in [-0.15, -0.1) is 0 Å². The number of unbranched alkanes of at least 4 members (excludes halogenated alkanes) is 8. The van der Waals surface area contributed by atoms with Crippen molar-refractivity contribution >= 4 is 9.84 Å². The molecule has 2 rings (SSSR count). The number of phenolic OH excluding ortho intramolecular Hbond substituents is 2. The van der Waals surface area contributed by atoms with Crippen molar-refractivity contribution in [2.45, 2.75) is 87.8 Å². The molecule has 33 heavy (non-hydrogen) atoms. The lowest BCUT2D eigenvalue weighted by Crippen LogP contribution is -2.05. The molecule has 0 aliphatic carbocycles. The van der Waals surface area contributed by atoms with E-state index in [2.05, 4.69) is 13.8 Å². The first-order chi connectivity index (χ1) is 15.9. The number of ether oxygens (including phenoxy) is 2. The molecule has 0 radical (unpaired) electrons. The van der Waals surface area contributed by atoms with Crippen LogP contribution in [0.3, 0.4) is 0 Å². The van der Waals surface area contributed by atoms with Gasteiger partial charge in [-0.2, -0.15) is 0 Å². The van der Waals surface area contributed by atoms with E-state index in [4.69, 9.17) is 9.47 Å². The molecule has 0 fully saturated rings. The lowest BCUT2D eigenvalue weighted by atomic mass is 10.2. The van der Waals surface area contributed by atoms with Crippen molar-refractivity contribution < 1.29 is 28.1 Å². The van der Waals surface area contributed by atoms with Crippen LogP contribution in [0.5, 0.6) is 23.0 Å². The van der Waals surface area contributed by atoms with Crippen molar-refractivity contribution in [1.82, 2.24) is 0 Å². The van der Waals surface area contributed by atoms with E-state index in [9.17, 15) is 18.6 Å². The smallest absolute Gasteiger partial charge is 0.206 e. The molecule has 0 aromatic heterocycles. The summed E-state index contributed by atoms with van der Waals surface area (Å²) >= 11 is 0. The fourth-order valence-corrected chi connectivity index (χ4v) is 4.76. The quantitative estimate of drug-likeness (QED) is 0.263. The SMILES string of the molecule is CCCCCCCOc1cc(S(=O)(=O)c2ccc(O)c(OCCCCCCC)c2)ccc1O. The summed E-state index contributed by atoms with van der Waals surface area (Å²) in [6.07, 6.45) is 10.7. The van der Waals surface area contributed by atoms with E-state index in [-0.39, 0.29) is 32.8 Å². The van der Waals surface area contributed by atoms with Crippen LogP contribution in [-0.4, -0.2) is 31.8 Å². The Balaban J connectivity index is 2.07. The Labute approximate surface area is 198 Å². The highest BCUT2D eigenvalue weighted by Gasteiger charge is 2.21. The predicted octanol–water partition coefficient (Wildman–Crippen LogP) is 6.63. The second-order valence-corrected chi connectivity index (χ2v) is 10.2. The Morgan fingerprint density at radius 2 is 1.03 bits per heavy atom. The highest BCUT2D eigenvalue weighted by Crippen LogP contribution is 2.35. The van der Waals surface area contributed by atoms with Gasteiger partial charge in [0.1, 0.15) is 0 Å². The van der Waals surface area contributed by atoms with Crippen molar-refractivity contribution in [1.29, 1.82) is 0 Å². The van der Waals surface area contributed by atoms with Crippen molar-refractivity contribution in [3.63, 3.8) is 0 Å². The van der Waals surface area contributed by atoms with Crippen molar-refractivity contribution in [3.8, 4) is 23.0 Å². The maximum Gasteiger partial charge on any atom is 0.206 e. The van der Waals surface area contributed by atoms with E-state index in [0.717, 1.165) is 51.4 Å². The van der Waals surface area contributed by atoms with E-state index in [1.165, 1.54) is 49.2 Å². The van der Waals surface area contributed by atoms with Crippen molar-refractivity contribution in [2.24, 2.45) is 0 Å². The fraction of sp³-hybridized carbons (Fsp3) is 0.538. The molecular weight excluding hydrogens is 440 g/mol. The van der Waals surface area contributed by atoms with E-state index in [0.29, 0.717) is 13.2 Å². The van der Waals surface area contributed by atoms with Gasteiger partial charge >= 0.3 is 0 Å². The molecule has 0 heterocycles.